The van der Waals surface area contributed by atoms with Gasteiger partial charge in [-0.05, 0) is 49.8 Å². The molecule has 0 aliphatic carbocycles. The molecule has 0 aliphatic rings. The summed E-state index contributed by atoms with van der Waals surface area (Å²) in [6.45, 7) is 4.57. The third-order valence-electron chi connectivity index (χ3n) is 3.70. The maximum absolute atomic E-state index is 12.5. The van der Waals surface area contributed by atoms with E-state index in [4.69, 9.17) is 9.47 Å². The van der Waals surface area contributed by atoms with Crippen LogP contribution in [0.4, 0.5) is 5.69 Å². The minimum Gasteiger partial charge on any atom is -0.493 e. The summed E-state index contributed by atoms with van der Waals surface area (Å²) >= 11 is 0. The van der Waals surface area contributed by atoms with Gasteiger partial charge in [0.15, 0.2) is 0 Å². The Balaban J connectivity index is 2.15. The van der Waals surface area contributed by atoms with Crippen LogP contribution >= 0.6 is 0 Å². The Morgan fingerprint density at radius 1 is 1.11 bits per heavy atom. The van der Waals surface area contributed by atoms with Crippen LogP contribution in [0.15, 0.2) is 54.1 Å². The number of carbonyl (C=O) groups excluding carboxylic acids is 2. The quantitative estimate of drug-likeness (QED) is 0.422. The van der Waals surface area contributed by atoms with Crippen LogP contribution < -0.4 is 10.1 Å². The molecule has 6 nitrogen and oxygen atoms in total. The smallest absolute Gasteiger partial charge is 0.338 e. The molecule has 0 spiro atoms. The van der Waals surface area contributed by atoms with Crippen LogP contribution in [0.3, 0.4) is 0 Å². The van der Waals surface area contributed by atoms with Crippen molar-refractivity contribution in [2.24, 2.45) is 0 Å². The lowest BCUT2D eigenvalue weighted by atomic mass is 10.1. The van der Waals surface area contributed by atoms with Crippen molar-refractivity contribution in [2.45, 2.75) is 20.3 Å². The number of nitriles is 1. The van der Waals surface area contributed by atoms with Crippen molar-refractivity contribution in [1.29, 1.82) is 5.26 Å². The highest BCUT2D eigenvalue weighted by Gasteiger charge is 2.12. The molecule has 0 heterocycles. The highest BCUT2D eigenvalue weighted by atomic mass is 16.5. The van der Waals surface area contributed by atoms with E-state index in [2.05, 4.69) is 5.32 Å². The number of hydrogen-bond acceptors (Lipinski definition) is 5. The van der Waals surface area contributed by atoms with Crippen molar-refractivity contribution < 1.29 is 19.1 Å². The summed E-state index contributed by atoms with van der Waals surface area (Å²) in [6, 6.07) is 15.4. The highest BCUT2D eigenvalue weighted by molar-refractivity contribution is 6.10. The van der Waals surface area contributed by atoms with Crippen LogP contribution in [0.5, 0.6) is 5.75 Å². The average molecular weight is 378 g/mol. The Hall–Kier alpha value is -3.59. The summed E-state index contributed by atoms with van der Waals surface area (Å²) in [7, 11) is 0. The van der Waals surface area contributed by atoms with E-state index in [1.165, 1.54) is 6.08 Å². The molecule has 2 aromatic carbocycles. The topological polar surface area (TPSA) is 88.4 Å². The number of ether oxygens (including phenoxy) is 2. The van der Waals surface area contributed by atoms with Gasteiger partial charge >= 0.3 is 5.97 Å². The molecule has 6 heteroatoms. The molecule has 0 aliphatic heterocycles. The lowest BCUT2D eigenvalue weighted by Crippen LogP contribution is -2.14. The number of benzene rings is 2. The van der Waals surface area contributed by atoms with Gasteiger partial charge in [-0.15, -0.1) is 0 Å². The molecule has 0 saturated heterocycles. The first-order valence-corrected chi connectivity index (χ1v) is 9.01. The zero-order valence-corrected chi connectivity index (χ0v) is 15.9. The second-order valence-electron chi connectivity index (χ2n) is 5.81. The predicted molar refractivity (Wildman–Crippen MR) is 107 cm³/mol. The molecule has 0 fully saturated rings. The Kier molecular flexibility index (Phi) is 7.79. The zero-order chi connectivity index (χ0) is 20.4. The van der Waals surface area contributed by atoms with Crippen LogP contribution in [0.25, 0.3) is 6.08 Å². The third kappa shape index (κ3) is 5.71. The first-order chi connectivity index (χ1) is 13.6. The van der Waals surface area contributed by atoms with E-state index in [0.29, 0.717) is 29.2 Å². The summed E-state index contributed by atoms with van der Waals surface area (Å²) in [5.41, 5.74) is 1.45. The molecule has 28 heavy (non-hydrogen) atoms. The number of anilines is 1. The molecule has 0 unspecified atom stereocenters. The summed E-state index contributed by atoms with van der Waals surface area (Å²) < 4.78 is 10.6. The standard InChI is InChI=1S/C22H22N2O4/c1-3-13-28-20-8-6-5-7-17(20)14-18(15-23)21(25)24-19-11-9-16(10-12-19)22(26)27-4-2/h5-12,14H,3-4,13H2,1-2H3,(H,24,25)/b18-14+. The lowest BCUT2D eigenvalue weighted by Gasteiger charge is -2.09. The van der Waals surface area contributed by atoms with Crippen molar-refractivity contribution in [3.05, 3.63) is 65.2 Å². The molecule has 1 amide bonds. The molecule has 0 atom stereocenters. The number of amides is 1. The number of carbonyl (C=O) groups is 2. The second-order valence-corrected chi connectivity index (χ2v) is 5.81. The molecule has 2 rings (SSSR count). The van der Waals surface area contributed by atoms with Gasteiger partial charge in [-0.3, -0.25) is 4.79 Å². The van der Waals surface area contributed by atoms with Crippen LogP contribution in [0.2, 0.25) is 0 Å². The predicted octanol–water partition coefficient (Wildman–Crippen LogP) is 4.20. The van der Waals surface area contributed by atoms with Crippen LogP contribution in [0.1, 0.15) is 36.2 Å². The van der Waals surface area contributed by atoms with Crippen molar-refractivity contribution in [1.82, 2.24) is 0 Å². The van der Waals surface area contributed by atoms with E-state index in [9.17, 15) is 14.9 Å². The summed E-state index contributed by atoms with van der Waals surface area (Å²) in [5, 5.41) is 12.0. The number of hydrogen-bond donors (Lipinski definition) is 1. The van der Waals surface area contributed by atoms with Crippen LogP contribution in [-0.2, 0) is 9.53 Å². The van der Waals surface area contributed by atoms with E-state index in [-0.39, 0.29) is 12.2 Å². The van der Waals surface area contributed by atoms with E-state index < -0.39 is 11.9 Å². The van der Waals surface area contributed by atoms with Gasteiger partial charge in [-0.1, -0.05) is 25.1 Å². The Labute approximate surface area is 164 Å². The molecule has 0 bridgehead atoms. The van der Waals surface area contributed by atoms with Crippen LogP contribution in [0, 0.1) is 11.3 Å². The van der Waals surface area contributed by atoms with E-state index >= 15 is 0 Å². The van der Waals surface area contributed by atoms with E-state index in [1.54, 1.807) is 43.3 Å². The molecule has 0 saturated carbocycles. The molecule has 2 aromatic rings. The first kappa shape index (κ1) is 20.7. The lowest BCUT2D eigenvalue weighted by molar-refractivity contribution is -0.112. The van der Waals surface area contributed by atoms with Gasteiger partial charge in [0.1, 0.15) is 17.4 Å². The van der Waals surface area contributed by atoms with Gasteiger partial charge in [0.05, 0.1) is 18.8 Å². The second kappa shape index (κ2) is 10.5. The van der Waals surface area contributed by atoms with Gasteiger partial charge in [0, 0.05) is 11.3 Å². The van der Waals surface area contributed by atoms with Gasteiger partial charge in [0.25, 0.3) is 5.91 Å². The zero-order valence-electron chi connectivity index (χ0n) is 15.9. The number of esters is 1. The maximum atomic E-state index is 12.5. The van der Waals surface area contributed by atoms with Crippen molar-refractivity contribution in [3.63, 3.8) is 0 Å². The average Bonchev–Trinajstić information content (AvgIpc) is 2.71. The van der Waals surface area contributed by atoms with Gasteiger partial charge in [-0.2, -0.15) is 5.26 Å². The molecular formula is C22H22N2O4. The molecule has 0 radical (unpaired) electrons. The van der Waals surface area contributed by atoms with E-state index in [0.717, 1.165) is 6.42 Å². The number of nitrogens with one attached hydrogen (secondary N) is 1. The Bertz CT molecular complexity index is 895. The van der Waals surface area contributed by atoms with Crippen LogP contribution in [-0.4, -0.2) is 25.1 Å². The van der Waals surface area contributed by atoms with Crippen molar-refractivity contribution >= 4 is 23.6 Å². The fourth-order valence-electron chi connectivity index (χ4n) is 2.35. The first-order valence-electron chi connectivity index (χ1n) is 9.01. The highest BCUT2D eigenvalue weighted by Crippen LogP contribution is 2.22. The minimum absolute atomic E-state index is 0.0537. The molecule has 0 aromatic heterocycles. The number of rotatable bonds is 8. The Morgan fingerprint density at radius 2 is 1.82 bits per heavy atom. The maximum Gasteiger partial charge on any atom is 0.338 e. The summed E-state index contributed by atoms with van der Waals surface area (Å²) in [6.07, 6.45) is 2.35. The molecule has 144 valence electrons. The number of para-hydroxylation sites is 1. The van der Waals surface area contributed by atoms with Gasteiger partial charge in [-0.25, -0.2) is 4.79 Å². The molecule has 1 N–H and O–H groups in total. The third-order valence-corrected chi connectivity index (χ3v) is 3.70. The minimum atomic E-state index is -0.545. The van der Waals surface area contributed by atoms with E-state index in [1.807, 2.05) is 25.1 Å². The summed E-state index contributed by atoms with van der Waals surface area (Å²) in [4.78, 5) is 24.1. The fraction of sp³-hybridized carbons (Fsp3) is 0.227. The van der Waals surface area contributed by atoms with Gasteiger partial charge in [0.2, 0.25) is 0 Å². The SMILES string of the molecule is CCCOc1ccccc1/C=C(\C#N)C(=O)Nc1ccc(C(=O)OCC)cc1. The Morgan fingerprint density at radius 3 is 2.46 bits per heavy atom. The number of nitrogens with zero attached hydrogens (tertiary/aromatic N) is 1. The monoisotopic (exact) mass is 378 g/mol. The fourth-order valence-corrected chi connectivity index (χ4v) is 2.35. The largest absolute Gasteiger partial charge is 0.493 e. The van der Waals surface area contributed by atoms with Crippen molar-refractivity contribution in [2.75, 3.05) is 18.5 Å². The van der Waals surface area contributed by atoms with Crippen molar-refractivity contribution in [3.8, 4) is 11.8 Å². The normalized spacial score (nSPS) is 10.7. The summed E-state index contributed by atoms with van der Waals surface area (Å²) in [5.74, 6) is -0.359. The molecular weight excluding hydrogens is 356 g/mol. The van der Waals surface area contributed by atoms with Gasteiger partial charge < -0.3 is 14.8 Å².